The summed E-state index contributed by atoms with van der Waals surface area (Å²) in [4.78, 5) is 94.7. The topological polar surface area (TPSA) is 325 Å². The second kappa shape index (κ2) is 45.3. The Bertz CT molecular complexity index is 5540. The first-order valence-electron chi connectivity index (χ1n) is 45.0. The van der Waals surface area contributed by atoms with Crippen LogP contribution in [0.3, 0.4) is 0 Å². The Morgan fingerprint density at radius 3 is 1.42 bits per heavy atom. The molecular formula is C104H119FN16O6. The largest absolute Gasteiger partial charge is 0.370 e. The van der Waals surface area contributed by atoms with Crippen LogP contribution >= 0.6 is 0 Å². The number of nitrogens with zero attached hydrogens (tertiary/aromatic N) is 5. The van der Waals surface area contributed by atoms with Gasteiger partial charge in [-0.15, -0.1) is 0 Å². The fraction of sp³-hybridized carbons (Fsp3) is 0.327. The molecule has 2 aliphatic carbocycles. The number of hydrogen-bond acceptors (Lipinski definition) is 12. The van der Waals surface area contributed by atoms with Crippen LogP contribution in [0.4, 0.5) is 10.1 Å². The molecule has 3 saturated heterocycles. The summed E-state index contributed by atoms with van der Waals surface area (Å²) in [5.74, 6) is -0.273. The van der Waals surface area contributed by atoms with Crippen LogP contribution < -0.4 is 65.1 Å². The van der Waals surface area contributed by atoms with E-state index in [2.05, 4.69) is 162 Å². The van der Waals surface area contributed by atoms with E-state index in [1.807, 2.05) is 136 Å². The molecule has 22 nitrogen and oxygen atoms in total. The molecule has 15 N–H and O–H groups in total. The summed E-state index contributed by atoms with van der Waals surface area (Å²) in [6.07, 6.45) is 15.9. The molecule has 127 heavy (non-hydrogen) atoms. The number of benzene rings is 11. The molecule has 6 amide bonds. The van der Waals surface area contributed by atoms with Crippen LogP contribution in [-0.4, -0.2) is 171 Å². The molecule has 3 aliphatic heterocycles. The highest BCUT2D eigenvalue weighted by Crippen LogP contribution is 2.45. The molecular weight excluding hydrogens is 1590 g/mol. The summed E-state index contributed by atoms with van der Waals surface area (Å²) in [5.41, 5.74) is 32.2. The van der Waals surface area contributed by atoms with Crippen LogP contribution in [0.2, 0.25) is 0 Å². The summed E-state index contributed by atoms with van der Waals surface area (Å²) in [5, 5.41) is 30.1. The maximum atomic E-state index is 14.1. The number of carbonyl (C=O) groups excluding carboxylic acids is 6. The van der Waals surface area contributed by atoms with Gasteiger partial charge in [0.2, 0.25) is 23.6 Å². The molecule has 658 valence electrons. The molecule has 4 fully saturated rings. The van der Waals surface area contributed by atoms with E-state index >= 15 is 0 Å². The number of guanidine groups is 2. The predicted molar refractivity (Wildman–Crippen MR) is 509 cm³/mol. The minimum Gasteiger partial charge on any atom is -0.370 e. The molecule has 1 saturated carbocycles. The van der Waals surface area contributed by atoms with Gasteiger partial charge in [-0.1, -0.05) is 232 Å². The first-order valence-corrected chi connectivity index (χ1v) is 45.0. The molecule has 23 heteroatoms. The molecule has 11 aromatic rings. The lowest BCUT2D eigenvalue weighted by Crippen LogP contribution is -2.49. The number of anilines is 1. The Labute approximate surface area is 744 Å². The zero-order valence-electron chi connectivity index (χ0n) is 72.2. The molecule has 5 aliphatic rings. The van der Waals surface area contributed by atoms with Crippen molar-refractivity contribution in [1.82, 2.24) is 47.0 Å². The van der Waals surface area contributed by atoms with Gasteiger partial charge >= 0.3 is 0 Å². The number of hydrogen-bond donors (Lipinski definition) is 11. The first kappa shape index (κ1) is 90.3. The third-order valence-electron chi connectivity index (χ3n) is 25.0. The number of nitrogens with one attached hydrogen (secondary N) is 7. The van der Waals surface area contributed by atoms with E-state index in [0.717, 1.165) is 75.8 Å². The Morgan fingerprint density at radius 1 is 0.449 bits per heavy atom. The monoisotopic (exact) mass is 1710 g/mol. The van der Waals surface area contributed by atoms with Gasteiger partial charge in [0.1, 0.15) is 5.82 Å². The van der Waals surface area contributed by atoms with Crippen molar-refractivity contribution < 1.29 is 33.2 Å². The maximum absolute atomic E-state index is 14.1. The number of fused-ring (bicyclic) bond motifs is 6. The number of nitrogens with two attached hydrogens (primary N) is 4. The highest BCUT2D eigenvalue weighted by molar-refractivity contribution is 6.01. The van der Waals surface area contributed by atoms with Crippen LogP contribution in [0.1, 0.15) is 150 Å². The van der Waals surface area contributed by atoms with E-state index < -0.39 is 12.1 Å². The van der Waals surface area contributed by atoms with Gasteiger partial charge < -0.3 is 74.9 Å². The van der Waals surface area contributed by atoms with Crippen molar-refractivity contribution in [2.75, 3.05) is 76.9 Å². The molecule has 0 unspecified atom stereocenters. The molecule has 0 spiro atoms. The second-order valence-corrected chi connectivity index (χ2v) is 33.8. The summed E-state index contributed by atoms with van der Waals surface area (Å²) in [7, 11) is 0. The zero-order valence-corrected chi connectivity index (χ0v) is 72.2. The number of aliphatic imine (C=N–C) groups is 2. The highest BCUT2D eigenvalue weighted by atomic mass is 19.1. The normalized spacial score (nSPS) is 18.5. The highest BCUT2D eigenvalue weighted by Gasteiger charge is 2.38. The number of amides is 6. The lowest BCUT2D eigenvalue weighted by Gasteiger charge is -2.29. The Balaban J connectivity index is 0.000000155. The maximum Gasteiger partial charge on any atom is 0.251 e. The lowest BCUT2D eigenvalue weighted by molar-refractivity contribution is -0.133. The summed E-state index contributed by atoms with van der Waals surface area (Å²) in [6, 6.07) is 84.8. The third kappa shape index (κ3) is 25.2. The molecule has 3 heterocycles. The van der Waals surface area contributed by atoms with Gasteiger partial charge in [-0.05, 0) is 203 Å². The van der Waals surface area contributed by atoms with E-state index in [9.17, 15) is 33.2 Å². The molecule has 16 rings (SSSR count). The summed E-state index contributed by atoms with van der Waals surface area (Å²) in [6.45, 7) is 6.05. The van der Waals surface area contributed by atoms with Gasteiger partial charge in [0.25, 0.3) is 11.8 Å². The van der Waals surface area contributed by atoms with Crippen molar-refractivity contribution in [2.24, 2.45) is 32.9 Å². The quantitative estimate of drug-likeness (QED) is 0.00863. The van der Waals surface area contributed by atoms with Crippen molar-refractivity contribution in [2.45, 2.75) is 144 Å². The standard InChI is InChI=1S/C38H47FN4O2.C35H38N6O2.C31H34N6O2/c39-32-21-18-29(19-22-32)20-23-37(44)41-27-34-24-26-43(28-35(30-11-4-1-5-12-30)31-13-6-2-7-14-31)38(45)36(42-34)17-10-25-40-33-15-8-3-9-16-33;36-35(37)38-18-7-14-32-34(43)41(22-31-29-12-5-3-10-27(29)28-11-4-6-13-30(28)31)19-17-26(40-32)21-39-33(42)25-16-15-23-8-1-2-9-24(23)20-25;32-31(33)34-16-5-10-28-30(39)37(27-14-13-22-7-2-4-9-24(22)19-27)17-15-26(36-28)20-35-29(38)25-12-11-21-6-1-3-8-23(21)18-25/h1-2,4-7,11-14,18-23,33-36,40,42H,3,8-10,15-17,24-28H2,(H,41,44);1-6,8-13,15-16,20,26,31-32,40H,7,14,17-19,21-22H2,(H,39,42)(H4,36,37,38);1-4,6-9,11-14,18-19,26,28,36H,5,10,15-17,20H2,(H,35,38)(H4,32,33,34)/b23-20+;;/t34-,36-;26-,32-;26-,28-/m000/s1. The molecule has 0 aromatic heterocycles. The lowest BCUT2D eigenvalue weighted by atomic mass is 9.90. The van der Waals surface area contributed by atoms with Crippen LogP contribution in [0.25, 0.3) is 49.5 Å². The Kier molecular flexibility index (Phi) is 32.2. The van der Waals surface area contributed by atoms with Crippen LogP contribution in [0.5, 0.6) is 0 Å². The van der Waals surface area contributed by atoms with Crippen LogP contribution in [0.15, 0.2) is 277 Å². The summed E-state index contributed by atoms with van der Waals surface area (Å²) >= 11 is 0. The minimum atomic E-state index is -0.421. The minimum absolute atomic E-state index is 0.0123. The van der Waals surface area contributed by atoms with Crippen molar-refractivity contribution in [3.05, 3.63) is 312 Å². The van der Waals surface area contributed by atoms with Crippen LogP contribution in [-0.2, 0) is 19.2 Å². The first-order chi connectivity index (χ1) is 62.0. The zero-order chi connectivity index (χ0) is 88.2. The molecule has 0 bridgehead atoms. The van der Waals surface area contributed by atoms with E-state index in [-0.39, 0.29) is 89.2 Å². The predicted octanol–water partition coefficient (Wildman–Crippen LogP) is 13.6. The fourth-order valence-electron chi connectivity index (χ4n) is 18.2. The van der Waals surface area contributed by atoms with Crippen molar-refractivity contribution in [3.63, 3.8) is 0 Å². The molecule has 0 radical (unpaired) electrons. The van der Waals surface area contributed by atoms with Gasteiger partial charge in [-0.25, -0.2) is 4.39 Å². The number of halogens is 1. The van der Waals surface area contributed by atoms with Crippen LogP contribution in [0, 0.1) is 5.82 Å². The number of rotatable bonds is 30. The number of carbonyl (C=O) groups is 6. The van der Waals surface area contributed by atoms with E-state index in [0.29, 0.717) is 115 Å². The SMILES string of the molecule is NC(N)=NCCC[C@@H]1N[C@H](CNC(=O)c2ccc3ccccc3c2)CCN(CC2c3ccccc3-c3ccccc32)C1=O.NC(N)=NCCC[C@@H]1N[C@H](CNC(=O)c2ccc3ccccc3c2)CCN(c2ccc3ccccc3c2)C1=O.O=C(/C=C/c1ccc(F)cc1)NC[C@@H]1CCN(CC(c2ccccc2)c2ccccc2)C(=O)[C@H](CCCNC2CCCCC2)N1. The van der Waals surface area contributed by atoms with Gasteiger partial charge in [0, 0.05) is 124 Å². The average Bonchev–Trinajstić information content (AvgIpc) is 1.61. The Morgan fingerprint density at radius 2 is 0.890 bits per heavy atom. The van der Waals surface area contributed by atoms with E-state index in [1.54, 1.807) is 18.2 Å². The summed E-state index contributed by atoms with van der Waals surface area (Å²) < 4.78 is 13.2. The van der Waals surface area contributed by atoms with Gasteiger partial charge in [-0.3, -0.25) is 38.8 Å². The smallest absolute Gasteiger partial charge is 0.251 e. The molecule has 11 aromatic carbocycles. The van der Waals surface area contributed by atoms with Gasteiger partial charge in [-0.2, -0.15) is 0 Å². The van der Waals surface area contributed by atoms with E-state index in [4.69, 9.17) is 22.9 Å². The van der Waals surface area contributed by atoms with Crippen molar-refractivity contribution >= 4 is 91.4 Å². The van der Waals surface area contributed by atoms with Gasteiger partial charge in [0.05, 0.1) is 18.1 Å². The average molecular weight is 1710 g/mol. The van der Waals surface area contributed by atoms with Crippen molar-refractivity contribution in [3.8, 4) is 11.1 Å². The molecule has 6 atom stereocenters. The van der Waals surface area contributed by atoms with Gasteiger partial charge in [0.15, 0.2) is 11.9 Å². The van der Waals surface area contributed by atoms with Crippen molar-refractivity contribution in [1.29, 1.82) is 0 Å². The third-order valence-corrected chi connectivity index (χ3v) is 25.0. The Hall–Kier alpha value is -12.9. The second-order valence-electron chi connectivity index (χ2n) is 33.8. The fourth-order valence-corrected chi connectivity index (χ4v) is 18.2. The van der Waals surface area contributed by atoms with E-state index in [1.165, 1.54) is 83.7 Å².